The lowest BCUT2D eigenvalue weighted by Crippen LogP contribution is -2.19. The summed E-state index contributed by atoms with van der Waals surface area (Å²) >= 11 is 13.3. The van der Waals surface area contributed by atoms with Gasteiger partial charge in [0.25, 0.3) is 5.91 Å². The van der Waals surface area contributed by atoms with Crippen LogP contribution in [0.4, 0.5) is 5.69 Å². The fourth-order valence-electron chi connectivity index (χ4n) is 2.02. The van der Waals surface area contributed by atoms with Crippen molar-refractivity contribution >= 4 is 57.8 Å². The standard InChI is InChI=1S/C17H12Cl2N2OS/c1-10-13(19)3-2-4-14(10)20-17-21-16(22)15(23-17)9-11-5-7-12(18)8-6-11/h2-9H,1H3,(H,20,21,22)/b15-9-. The van der Waals surface area contributed by atoms with Crippen molar-refractivity contribution in [1.82, 2.24) is 5.32 Å². The molecule has 0 spiro atoms. The number of amidine groups is 1. The van der Waals surface area contributed by atoms with Gasteiger partial charge >= 0.3 is 0 Å². The van der Waals surface area contributed by atoms with E-state index in [0.29, 0.717) is 20.1 Å². The van der Waals surface area contributed by atoms with Crippen molar-refractivity contribution in [3.8, 4) is 0 Å². The van der Waals surface area contributed by atoms with E-state index in [9.17, 15) is 4.79 Å². The number of benzene rings is 2. The highest BCUT2D eigenvalue weighted by atomic mass is 35.5. The lowest BCUT2D eigenvalue weighted by atomic mass is 10.2. The van der Waals surface area contributed by atoms with Crippen molar-refractivity contribution < 1.29 is 4.79 Å². The van der Waals surface area contributed by atoms with Crippen LogP contribution in [0.3, 0.4) is 0 Å². The van der Waals surface area contributed by atoms with E-state index in [4.69, 9.17) is 23.2 Å². The third-order valence-electron chi connectivity index (χ3n) is 3.28. The van der Waals surface area contributed by atoms with Crippen LogP contribution in [0.5, 0.6) is 0 Å². The van der Waals surface area contributed by atoms with Gasteiger partial charge in [-0.15, -0.1) is 0 Å². The van der Waals surface area contributed by atoms with Gasteiger partial charge in [0.2, 0.25) is 0 Å². The van der Waals surface area contributed by atoms with Gasteiger partial charge in [-0.1, -0.05) is 41.4 Å². The SMILES string of the molecule is Cc1c(Cl)cccc1N=C1NC(=O)/C(=C/c2ccc(Cl)cc2)S1. The summed E-state index contributed by atoms with van der Waals surface area (Å²) in [6.45, 7) is 1.90. The van der Waals surface area contributed by atoms with Gasteiger partial charge in [0.15, 0.2) is 5.17 Å². The quantitative estimate of drug-likeness (QED) is 0.746. The molecule has 0 bridgehead atoms. The van der Waals surface area contributed by atoms with Gasteiger partial charge in [-0.3, -0.25) is 4.79 Å². The highest BCUT2D eigenvalue weighted by Gasteiger charge is 2.24. The molecule has 3 rings (SSSR count). The van der Waals surface area contributed by atoms with Crippen LogP contribution in [0, 0.1) is 6.92 Å². The molecule has 1 aliphatic heterocycles. The summed E-state index contributed by atoms with van der Waals surface area (Å²) in [6, 6.07) is 12.8. The zero-order valence-electron chi connectivity index (χ0n) is 12.1. The Hall–Kier alpha value is -1.75. The Bertz CT molecular complexity index is 829. The number of nitrogens with zero attached hydrogens (tertiary/aromatic N) is 1. The molecule has 0 atom stereocenters. The molecular formula is C17H12Cl2N2OS. The maximum atomic E-state index is 12.1. The summed E-state index contributed by atoms with van der Waals surface area (Å²) in [4.78, 5) is 17.1. The van der Waals surface area contributed by atoms with Crippen molar-refractivity contribution in [2.24, 2.45) is 4.99 Å². The fraction of sp³-hybridized carbons (Fsp3) is 0.0588. The van der Waals surface area contributed by atoms with Gasteiger partial charge in [0.1, 0.15) is 0 Å². The molecule has 0 unspecified atom stereocenters. The second-order valence-electron chi connectivity index (χ2n) is 4.92. The smallest absolute Gasteiger partial charge is 0.264 e. The highest BCUT2D eigenvalue weighted by Crippen LogP contribution is 2.31. The van der Waals surface area contributed by atoms with Crippen molar-refractivity contribution in [3.05, 3.63) is 68.5 Å². The maximum Gasteiger partial charge on any atom is 0.264 e. The van der Waals surface area contributed by atoms with E-state index in [1.54, 1.807) is 12.1 Å². The van der Waals surface area contributed by atoms with Gasteiger partial charge in [-0.25, -0.2) is 4.99 Å². The Kier molecular flexibility index (Phi) is 4.76. The molecule has 2 aromatic rings. The van der Waals surface area contributed by atoms with Crippen molar-refractivity contribution in [2.45, 2.75) is 6.92 Å². The number of rotatable bonds is 2. The van der Waals surface area contributed by atoms with Crippen LogP contribution < -0.4 is 5.32 Å². The monoisotopic (exact) mass is 362 g/mol. The van der Waals surface area contributed by atoms with E-state index in [-0.39, 0.29) is 5.91 Å². The number of carbonyl (C=O) groups is 1. The lowest BCUT2D eigenvalue weighted by Gasteiger charge is -2.02. The summed E-state index contributed by atoms with van der Waals surface area (Å²) in [5, 5.41) is 4.62. The highest BCUT2D eigenvalue weighted by molar-refractivity contribution is 8.18. The first-order chi connectivity index (χ1) is 11.0. The van der Waals surface area contributed by atoms with Gasteiger partial charge < -0.3 is 5.32 Å². The Morgan fingerprint density at radius 2 is 1.87 bits per heavy atom. The number of amides is 1. The number of halogens is 2. The van der Waals surface area contributed by atoms with E-state index >= 15 is 0 Å². The predicted molar refractivity (Wildman–Crippen MR) is 98.4 cm³/mol. The minimum Gasteiger partial charge on any atom is -0.300 e. The Morgan fingerprint density at radius 1 is 1.13 bits per heavy atom. The molecule has 1 saturated heterocycles. The first-order valence-corrected chi connectivity index (χ1v) is 8.40. The molecule has 0 aliphatic carbocycles. The number of hydrogen-bond donors (Lipinski definition) is 1. The average Bonchev–Trinajstić information content (AvgIpc) is 2.86. The molecule has 1 heterocycles. The largest absolute Gasteiger partial charge is 0.300 e. The van der Waals surface area contributed by atoms with Crippen molar-refractivity contribution in [2.75, 3.05) is 0 Å². The van der Waals surface area contributed by atoms with E-state index in [0.717, 1.165) is 16.8 Å². The number of thioether (sulfide) groups is 1. The molecule has 1 N–H and O–H groups in total. The van der Waals surface area contributed by atoms with E-state index < -0.39 is 0 Å². The van der Waals surface area contributed by atoms with Crippen LogP contribution in [-0.2, 0) is 4.79 Å². The minimum absolute atomic E-state index is 0.164. The molecular weight excluding hydrogens is 351 g/mol. The van der Waals surface area contributed by atoms with Gasteiger partial charge in [0.05, 0.1) is 10.6 Å². The summed E-state index contributed by atoms with van der Waals surface area (Å²) in [6.07, 6.45) is 1.81. The normalized spacial score (nSPS) is 17.8. The zero-order chi connectivity index (χ0) is 16.4. The van der Waals surface area contributed by atoms with Crippen LogP contribution in [-0.4, -0.2) is 11.1 Å². The first-order valence-electron chi connectivity index (χ1n) is 6.83. The van der Waals surface area contributed by atoms with E-state index in [1.807, 2.05) is 43.3 Å². The number of nitrogens with one attached hydrogen (secondary N) is 1. The van der Waals surface area contributed by atoms with Gasteiger partial charge in [-0.05, 0) is 60.2 Å². The van der Waals surface area contributed by atoms with E-state index in [2.05, 4.69) is 10.3 Å². The van der Waals surface area contributed by atoms with Crippen molar-refractivity contribution in [1.29, 1.82) is 0 Å². The van der Waals surface area contributed by atoms with Crippen molar-refractivity contribution in [3.63, 3.8) is 0 Å². The number of carbonyl (C=O) groups excluding carboxylic acids is 1. The Morgan fingerprint density at radius 3 is 2.61 bits per heavy atom. The molecule has 0 saturated carbocycles. The Labute approximate surface area is 148 Å². The van der Waals surface area contributed by atoms with E-state index in [1.165, 1.54) is 11.8 Å². The predicted octanol–water partition coefficient (Wildman–Crippen LogP) is 5.19. The van der Waals surface area contributed by atoms with Gasteiger partial charge in [-0.2, -0.15) is 0 Å². The molecule has 23 heavy (non-hydrogen) atoms. The van der Waals surface area contributed by atoms with Crippen LogP contribution in [0.1, 0.15) is 11.1 Å². The van der Waals surface area contributed by atoms with Crippen LogP contribution >= 0.6 is 35.0 Å². The molecule has 0 aromatic heterocycles. The minimum atomic E-state index is -0.164. The third-order valence-corrected chi connectivity index (χ3v) is 4.85. The summed E-state index contributed by atoms with van der Waals surface area (Å²) in [5.41, 5.74) is 2.53. The second kappa shape index (κ2) is 6.79. The molecule has 3 nitrogen and oxygen atoms in total. The fourth-order valence-corrected chi connectivity index (χ4v) is 3.15. The molecule has 1 fully saturated rings. The average molecular weight is 363 g/mol. The van der Waals surface area contributed by atoms with Crippen LogP contribution in [0.15, 0.2) is 52.4 Å². The lowest BCUT2D eigenvalue weighted by molar-refractivity contribution is -0.115. The first kappa shape index (κ1) is 16.1. The number of aliphatic imine (C=N–C) groups is 1. The molecule has 2 aromatic carbocycles. The summed E-state index contributed by atoms with van der Waals surface area (Å²) < 4.78 is 0. The van der Waals surface area contributed by atoms with Crippen LogP contribution in [0.2, 0.25) is 10.0 Å². The molecule has 116 valence electrons. The zero-order valence-corrected chi connectivity index (χ0v) is 14.5. The van der Waals surface area contributed by atoms with Gasteiger partial charge in [0, 0.05) is 10.0 Å². The summed E-state index contributed by atoms with van der Waals surface area (Å²) in [5.74, 6) is -0.164. The topological polar surface area (TPSA) is 41.5 Å². The molecule has 1 aliphatic rings. The molecule has 0 radical (unpaired) electrons. The molecule has 1 amide bonds. The maximum absolute atomic E-state index is 12.1. The number of hydrogen-bond acceptors (Lipinski definition) is 3. The van der Waals surface area contributed by atoms with Crippen LogP contribution in [0.25, 0.3) is 6.08 Å². The third kappa shape index (κ3) is 3.78. The molecule has 6 heteroatoms. The Balaban J connectivity index is 1.86. The summed E-state index contributed by atoms with van der Waals surface area (Å²) in [7, 11) is 0. The second-order valence-corrected chi connectivity index (χ2v) is 6.79.